The fourth-order valence-electron chi connectivity index (χ4n) is 2.93. The van der Waals surface area contributed by atoms with Crippen LogP contribution in [-0.2, 0) is 14.3 Å². The molecule has 1 aromatic rings. The highest BCUT2D eigenvalue weighted by atomic mass is 16.8. The number of carbonyl (C=O) groups is 1. The fraction of sp³-hybridized carbons (Fsp3) is 0.562. The second-order valence-corrected chi connectivity index (χ2v) is 6.08. The smallest absolute Gasteiger partial charge is 0.320 e. The molecule has 0 radical (unpaired) electrons. The first-order valence-corrected chi connectivity index (χ1v) is 8.24. The summed E-state index contributed by atoms with van der Waals surface area (Å²) in [4.78, 5) is 12.4. The van der Waals surface area contributed by atoms with Gasteiger partial charge in [0.25, 0.3) is 6.29 Å². The third-order valence-electron chi connectivity index (χ3n) is 4.45. The van der Waals surface area contributed by atoms with Gasteiger partial charge in [0.1, 0.15) is 30.1 Å². The highest BCUT2D eigenvalue weighted by Crippen LogP contribution is 2.47. The lowest BCUT2D eigenvalue weighted by Crippen LogP contribution is -2.61. The van der Waals surface area contributed by atoms with Gasteiger partial charge in [-0.1, -0.05) is 0 Å². The number of carbonyl (C=O) groups excluding carboxylic acids is 1. The molecule has 0 bridgehead atoms. The number of ether oxygens (including phenoxy) is 5. The molecule has 6 atom stereocenters. The minimum absolute atomic E-state index is 0.0312. The van der Waals surface area contributed by atoms with Crippen LogP contribution in [0.15, 0.2) is 12.1 Å². The van der Waals surface area contributed by atoms with E-state index in [1.54, 1.807) is 0 Å². The van der Waals surface area contributed by atoms with Crippen LogP contribution in [0.1, 0.15) is 0 Å². The number of nitrogens with zero attached hydrogens (tertiary/aromatic N) is 1. The molecule has 1 saturated heterocycles. The number of methoxy groups -OCH3 is 2. The molecule has 1 aromatic carbocycles. The van der Waals surface area contributed by atoms with Crippen molar-refractivity contribution in [1.29, 1.82) is 0 Å². The maximum atomic E-state index is 12.4. The second kappa shape index (κ2) is 8.05. The standard InChI is InChI=1S/C16H21NO11/c1-24-7-4-3-6-12(13(7)25-2)27-16(14(22)17(6)23)28-15-11(21)10(20)9(19)8(5-18)26-15/h3-4,8-11,15-16,18-21,23H,5H2,1-2H3. The van der Waals surface area contributed by atoms with Crippen molar-refractivity contribution in [3.63, 3.8) is 0 Å². The first kappa shape index (κ1) is 20.5. The van der Waals surface area contributed by atoms with Gasteiger partial charge in [-0.25, -0.2) is 0 Å². The molecular formula is C16H21NO11. The largest absolute Gasteiger partial charge is 0.493 e. The van der Waals surface area contributed by atoms with Crippen LogP contribution in [-0.4, -0.2) is 89.4 Å². The highest BCUT2D eigenvalue weighted by molar-refractivity contribution is 5.98. The van der Waals surface area contributed by atoms with Gasteiger partial charge in [0.15, 0.2) is 17.8 Å². The summed E-state index contributed by atoms with van der Waals surface area (Å²) in [6.45, 7) is -0.676. The van der Waals surface area contributed by atoms with Crippen LogP contribution in [0.3, 0.4) is 0 Å². The van der Waals surface area contributed by atoms with E-state index in [9.17, 15) is 30.4 Å². The summed E-state index contributed by atoms with van der Waals surface area (Å²) in [5, 5.41) is 49.4. The van der Waals surface area contributed by atoms with Crippen LogP contribution < -0.4 is 19.3 Å². The molecule has 2 aliphatic heterocycles. The van der Waals surface area contributed by atoms with Crippen molar-refractivity contribution in [3.05, 3.63) is 12.1 Å². The Balaban J connectivity index is 1.87. The van der Waals surface area contributed by atoms with Gasteiger partial charge in [-0.05, 0) is 12.1 Å². The Kier molecular flexibility index (Phi) is 5.90. The van der Waals surface area contributed by atoms with Crippen molar-refractivity contribution >= 4 is 11.6 Å². The lowest BCUT2D eigenvalue weighted by molar-refractivity contribution is -0.323. The van der Waals surface area contributed by atoms with E-state index in [1.165, 1.54) is 26.4 Å². The highest BCUT2D eigenvalue weighted by Gasteiger charge is 2.47. The molecule has 3 rings (SSSR count). The van der Waals surface area contributed by atoms with Gasteiger partial charge < -0.3 is 44.1 Å². The molecule has 12 heteroatoms. The number of aliphatic hydroxyl groups is 4. The molecule has 0 aromatic heterocycles. The summed E-state index contributed by atoms with van der Waals surface area (Å²) in [7, 11) is 2.71. The molecule has 0 saturated carbocycles. The third-order valence-corrected chi connectivity index (χ3v) is 4.45. The predicted octanol–water partition coefficient (Wildman–Crippen LogP) is -2.04. The quantitative estimate of drug-likeness (QED) is 0.344. The number of fused-ring (bicyclic) bond motifs is 1. The minimum Gasteiger partial charge on any atom is -0.493 e. The molecule has 0 aliphatic carbocycles. The van der Waals surface area contributed by atoms with Gasteiger partial charge in [-0.15, -0.1) is 0 Å². The fourth-order valence-corrected chi connectivity index (χ4v) is 2.93. The Morgan fingerprint density at radius 3 is 2.43 bits per heavy atom. The zero-order valence-corrected chi connectivity index (χ0v) is 15.0. The lowest BCUT2D eigenvalue weighted by Gasteiger charge is -2.41. The molecule has 1 fully saturated rings. The Morgan fingerprint density at radius 1 is 1.11 bits per heavy atom. The number of amides is 1. The van der Waals surface area contributed by atoms with Crippen molar-refractivity contribution in [2.45, 2.75) is 37.0 Å². The number of rotatable bonds is 5. The molecular weight excluding hydrogens is 382 g/mol. The first-order chi connectivity index (χ1) is 13.3. The molecule has 6 unspecified atom stereocenters. The van der Waals surface area contributed by atoms with E-state index >= 15 is 0 Å². The number of aliphatic hydroxyl groups excluding tert-OH is 4. The average Bonchev–Trinajstić information content (AvgIpc) is 2.70. The Hall–Kier alpha value is -2.19. The Bertz CT molecular complexity index is 727. The van der Waals surface area contributed by atoms with Gasteiger partial charge in [0.2, 0.25) is 5.75 Å². The van der Waals surface area contributed by atoms with Crippen molar-refractivity contribution < 1.29 is 54.1 Å². The van der Waals surface area contributed by atoms with Crippen molar-refractivity contribution in [3.8, 4) is 17.2 Å². The maximum absolute atomic E-state index is 12.4. The zero-order chi connectivity index (χ0) is 20.6. The van der Waals surface area contributed by atoms with Crippen LogP contribution in [0.2, 0.25) is 0 Å². The number of hydrogen-bond donors (Lipinski definition) is 5. The second-order valence-electron chi connectivity index (χ2n) is 6.08. The molecule has 156 valence electrons. The van der Waals surface area contributed by atoms with E-state index in [0.717, 1.165) is 0 Å². The number of anilines is 1. The summed E-state index contributed by atoms with van der Waals surface area (Å²) in [6.07, 6.45) is -9.73. The topological polar surface area (TPSA) is 168 Å². The first-order valence-electron chi connectivity index (χ1n) is 8.24. The van der Waals surface area contributed by atoms with E-state index in [2.05, 4.69) is 0 Å². The zero-order valence-electron chi connectivity index (χ0n) is 15.0. The molecule has 2 heterocycles. The normalized spacial score (nSPS) is 32.5. The van der Waals surface area contributed by atoms with Crippen LogP contribution in [0.4, 0.5) is 5.69 Å². The van der Waals surface area contributed by atoms with Gasteiger partial charge in [-0.2, -0.15) is 5.06 Å². The number of hydroxylamine groups is 1. The molecule has 28 heavy (non-hydrogen) atoms. The lowest BCUT2D eigenvalue weighted by atomic mass is 9.99. The van der Waals surface area contributed by atoms with E-state index in [1.807, 2.05) is 0 Å². The average molecular weight is 403 g/mol. The summed E-state index contributed by atoms with van der Waals surface area (Å²) >= 11 is 0. The maximum Gasteiger partial charge on any atom is 0.320 e. The van der Waals surface area contributed by atoms with Crippen molar-refractivity contribution in [2.24, 2.45) is 0 Å². The van der Waals surface area contributed by atoms with Crippen molar-refractivity contribution in [2.75, 3.05) is 25.9 Å². The molecule has 2 aliphatic rings. The Labute approximate surface area is 158 Å². The van der Waals surface area contributed by atoms with E-state index < -0.39 is 49.5 Å². The van der Waals surface area contributed by atoms with E-state index in [-0.39, 0.29) is 28.0 Å². The SMILES string of the molecule is COc1ccc2c(c1OC)OC(OC1OC(CO)C(O)C(O)C1O)C(=O)N2O. The monoisotopic (exact) mass is 403 g/mol. The summed E-state index contributed by atoms with van der Waals surface area (Å²) in [6, 6.07) is 2.81. The van der Waals surface area contributed by atoms with E-state index in [0.29, 0.717) is 0 Å². The van der Waals surface area contributed by atoms with Crippen LogP contribution in [0.25, 0.3) is 0 Å². The molecule has 1 amide bonds. The summed E-state index contributed by atoms with van der Waals surface area (Å²) < 4.78 is 26.3. The number of benzene rings is 1. The van der Waals surface area contributed by atoms with Crippen LogP contribution in [0, 0.1) is 0 Å². The van der Waals surface area contributed by atoms with Crippen LogP contribution >= 0.6 is 0 Å². The molecule has 5 N–H and O–H groups in total. The van der Waals surface area contributed by atoms with Crippen LogP contribution in [0.5, 0.6) is 17.2 Å². The summed E-state index contributed by atoms with van der Waals surface area (Å²) in [5.74, 6) is -0.778. The number of hydrogen-bond acceptors (Lipinski definition) is 11. The molecule has 0 spiro atoms. The van der Waals surface area contributed by atoms with E-state index in [4.69, 9.17) is 23.7 Å². The van der Waals surface area contributed by atoms with Gasteiger partial charge in [0, 0.05) is 0 Å². The van der Waals surface area contributed by atoms with Crippen molar-refractivity contribution in [1.82, 2.24) is 0 Å². The van der Waals surface area contributed by atoms with Gasteiger partial charge >= 0.3 is 5.91 Å². The van der Waals surface area contributed by atoms with Gasteiger partial charge in [0.05, 0.1) is 20.8 Å². The third kappa shape index (κ3) is 3.35. The van der Waals surface area contributed by atoms with Gasteiger partial charge in [-0.3, -0.25) is 10.0 Å². The Morgan fingerprint density at radius 2 is 1.82 bits per heavy atom. The predicted molar refractivity (Wildman–Crippen MR) is 88.1 cm³/mol. The minimum atomic E-state index is -1.79. The molecule has 12 nitrogen and oxygen atoms in total. The summed E-state index contributed by atoms with van der Waals surface area (Å²) in [5.41, 5.74) is -0.0312.